The SMILES string of the molecule is COCC(=O)CN1CC(=O)NC(=O)C1(C)C. The average Bonchev–Trinajstić information content (AvgIpc) is 2.14. The Labute approximate surface area is 93.9 Å². The normalized spacial score (nSPS) is 20.7. The van der Waals surface area contributed by atoms with Crippen LogP contribution in [-0.2, 0) is 19.1 Å². The molecule has 90 valence electrons. The number of hydrogen-bond donors (Lipinski definition) is 1. The second-order valence-corrected chi connectivity index (χ2v) is 4.26. The molecule has 6 nitrogen and oxygen atoms in total. The molecule has 0 aromatic heterocycles. The number of ether oxygens (including phenoxy) is 1. The van der Waals surface area contributed by atoms with E-state index >= 15 is 0 Å². The minimum absolute atomic E-state index is 0.0115. The van der Waals surface area contributed by atoms with E-state index in [1.165, 1.54) is 7.11 Å². The van der Waals surface area contributed by atoms with Crippen LogP contribution in [0.15, 0.2) is 0 Å². The van der Waals surface area contributed by atoms with E-state index in [0.717, 1.165) is 0 Å². The molecule has 0 spiro atoms. The molecule has 0 unspecified atom stereocenters. The summed E-state index contributed by atoms with van der Waals surface area (Å²) in [5.74, 6) is -0.915. The summed E-state index contributed by atoms with van der Waals surface area (Å²) in [5, 5.41) is 2.24. The van der Waals surface area contributed by atoms with E-state index in [1.807, 2.05) is 0 Å². The van der Waals surface area contributed by atoms with E-state index in [1.54, 1.807) is 18.7 Å². The van der Waals surface area contributed by atoms with Crippen LogP contribution in [0.25, 0.3) is 0 Å². The Morgan fingerprint density at radius 2 is 2.12 bits per heavy atom. The van der Waals surface area contributed by atoms with Crippen LogP contribution in [-0.4, -0.2) is 54.8 Å². The molecular formula is C10H16N2O4. The molecule has 0 aromatic carbocycles. The highest BCUT2D eigenvalue weighted by Gasteiger charge is 2.41. The third-order valence-electron chi connectivity index (χ3n) is 2.61. The van der Waals surface area contributed by atoms with Crippen molar-refractivity contribution in [2.24, 2.45) is 0 Å². The number of hydrogen-bond acceptors (Lipinski definition) is 5. The Kier molecular flexibility index (Phi) is 3.77. The lowest BCUT2D eigenvalue weighted by Crippen LogP contribution is -2.64. The molecule has 6 heteroatoms. The minimum atomic E-state index is -0.850. The number of amides is 2. The number of methoxy groups -OCH3 is 1. The van der Waals surface area contributed by atoms with Gasteiger partial charge in [-0.2, -0.15) is 0 Å². The van der Waals surface area contributed by atoms with Crippen LogP contribution in [0.1, 0.15) is 13.8 Å². The molecule has 1 rings (SSSR count). The van der Waals surface area contributed by atoms with Gasteiger partial charge in [-0.15, -0.1) is 0 Å². The molecule has 1 heterocycles. The van der Waals surface area contributed by atoms with E-state index in [4.69, 9.17) is 4.74 Å². The first kappa shape index (κ1) is 12.8. The molecule has 2 amide bonds. The van der Waals surface area contributed by atoms with Crippen molar-refractivity contribution in [2.45, 2.75) is 19.4 Å². The number of piperazine rings is 1. The molecule has 0 radical (unpaired) electrons. The van der Waals surface area contributed by atoms with Gasteiger partial charge >= 0.3 is 0 Å². The number of rotatable bonds is 4. The Bertz CT molecular complexity index is 325. The van der Waals surface area contributed by atoms with E-state index in [2.05, 4.69) is 5.32 Å². The van der Waals surface area contributed by atoms with Gasteiger partial charge in [-0.05, 0) is 13.8 Å². The van der Waals surface area contributed by atoms with Crippen molar-refractivity contribution in [3.8, 4) is 0 Å². The van der Waals surface area contributed by atoms with Gasteiger partial charge in [0.15, 0.2) is 5.78 Å². The van der Waals surface area contributed by atoms with Crippen LogP contribution in [0.4, 0.5) is 0 Å². The summed E-state index contributed by atoms with van der Waals surface area (Å²) in [6.07, 6.45) is 0. The summed E-state index contributed by atoms with van der Waals surface area (Å²) in [6.45, 7) is 3.43. The van der Waals surface area contributed by atoms with Gasteiger partial charge in [0.2, 0.25) is 11.8 Å². The highest BCUT2D eigenvalue weighted by molar-refractivity contribution is 6.03. The van der Waals surface area contributed by atoms with Gasteiger partial charge in [-0.25, -0.2) is 0 Å². The van der Waals surface area contributed by atoms with E-state index < -0.39 is 5.54 Å². The maximum absolute atomic E-state index is 11.6. The number of nitrogens with zero attached hydrogens (tertiary/aromatic N) is 1. The number of Topliss-reactive ketones (excluding diaryl/α,β-unsaturated/α-hetero) is 1. The quantitative estimate of drug-likeness (QED) is 0.621. The Hall–Kier alpha value is -1.27. The topological polar surface area (TPSA) is 75.7 Å². The van der Waals surface area contributed by atoms with E-state index in [-0.39, 0.29) is 37.3 Å². The van der Waals surface area contributed by atoms with Gasteiger partial charge in [-0.1, -0.05) is 0 Å². The summed E-state index contributed by atoms with van der Waals surface area (Å²) in [6, 6.07) is 0. The summed E-state index contributed by atoms with van der Waals surface area (Å²) in [4.78, 5) is 35.7. The summed E-state index contributed by atoms with van der Waals surface area (Å²) >= 11 is 0. The van der Waals surface area contributed by atoms with Gasteiger partial charge in [0.25, 0.3) is 0 Å². The van der Waals surface area contributed by atoms with Crippen molar-refractivity contribution in [1.82, 2.24) is 10.2 Å². The van der Waals surface area contributed by atoms with Gasteiger partial charge in [-0.3, -0.25) is 24.6 Å². The summed E-state index contributed by atoms with van der Waals surface area (Å²) in [7, 11) is 1.43. The Morgan fingerprint density at radius 3 is 2.69 bits per heavy atom. The second-order valence-electron chi connectivity index (χ2n) is 4.26. The number of nitrogens with one attached hydrogen (secondary N) is 1. The fraction of sp³-hybridized carbons (Fsp3) is 0.700. The first-order valence-electron chi connectivity index (χ1n) is 4.98. The zero-order valence-electron chi connectivity index (χ0n) is 9.70. The predicted molar refractivity (Wildman–Crippen MR) is 55.7 cm³/mol. The standard InChI is InChI=1S/C10H16N2O4/c1-10(2)9(15)11-8(14)5-12(10)4-7(13)6-16-3/h4-6H2,1-3H3,(H,11,14,15). The minimum Gasteiger partial charge on any atom is -0.377 e. The average molecular weight is 228 g/mol. The summed E-state index contributed by atoms with van der Waals surface area (Å²) < 4.78 is 4.71. The maximum atomic E-state index is 11.6. The molecule has 1 N–H and O–H groups in total. The predicted octanol–water partition coefficient (Wildman–Crippen LogP) is -1.06. The van der Waals surface area contributed by atoms with Crippen LogP contribution in [0.3, 0.4) is 0 Å². The third kappa shape index (κ3) is 2.65. The number of imide groups is 1. The Morgan fingerprint density at radius 1 is 1.50 bits per heavy atom. The maximum Gasteiger partial charge on any atom is 0.246 e. The second kappa shape index (κ2) is 4.71. The lowest BCUT2D eigenvalue weighted by Gasteiger charge is -2.39. The van der Waals surface area contributed by atoms with Crippen molar-refractivity contribution in [2.75, 3.05) is 26.8 Å². The van der Waals surface area contributed by atoms with Crippen LogP contribution >= 0.6 is 0 Å². The first-order chi connectivity index (χ1) is 7.37. The number of carbonyl (C=O) groups excluding carboxylic acids is 3. The molecule has 1 aliphatic rings. The fourth-order valence-corrected chi connectivity index (χ4v) is 1.51. The number of ketones is 1. The van der Waals surface area contributed by atoms with Crippen LogP contribution in [0, 0.1) is 0 Å². The van der Waals surface area contributed by atoms with Crippen molar-refractivity contribution in [3.05, 3.63) is 0 Å². The van der Waals surface area contributed by atoms with Gasteiger partial charge in [0.05, 0.1) is 18.6 Å². The monoisotopic (exact) mass is 228 g/mol. The molecule has 0 bridgehead atoms. The highest BCUT2D eigenvalue weighted by Crippen LogP contribution is 2.17. The van der Waals surface area contributed by atoms with Crippen molar-refractivity contribution >= 4 is 17.6 Å². The van der Waals surface area contributed by atoms with Crippen molar-refractivity contribution < 1.29 is 19.1 Å². The molecular weight excluding hydrogens is 212 g/mol. The molecule has 1 fully saturated rings. The largest absolute Gasteiger partial charge is 0.377 e. The van der Waals surface area contributed by atoms with Crippen LogP contribution in [0.5, 0.6) is 0 Å². The highest BCUT2D eigenvalue weighted by atomic mass is 16.5. The van der Waals surface area contributed by atoms with Gasteiger partial charge in [0, 0.05) is 7.11 Å². The fourth-order valence-electron chi connectivity index (χ4n) is 1.51. The lowest BCUT2D eigenvalue weighted by molar-refractivity contribution is -0.146. The van der Waals surface area contributed by atoms with E-state index in [9.17, 15) is 14.4 Å². The van der Waals surface area contributed by atoms with Gasteiger partial charge < -0.3 is 4.74 Å². The molecule has 0 aliphatic carbocycles. The van der Waals surface area contributed by atoms with Crippen molar-refractivity contribution in [3.63, 3.8) is 0 Å². The van der Waals surface area contributed by atoms with E-state index in [0.29, 0.717) is 0 Å². The molecule has 0 aromatic rings. The number of carbonyl (C=O) groups is 3. The van der Waals surface area contributed by atoms with Crippen LogP contribution in [0.2, 0.25) is 0 Å². The lowest BCUT2D eigenvalue weighted by atomic mass is 9.98. The van der Waals surface area contributed by atoms with Crippen molar-refractivity contribution in [1.29, 1.82) is 0 Å². The van der Waals surface area contributed by atoms with Gasteiger partial charge in [0.1, 0.15) is 6.61 Å². The Balaban J connectivity index is 2.72. The smallest absolute Gasteiger partial charge is 0.246 e. The van der Waals surface area contributed by atoms with Crippen LogP contribution < -0.4 is 5.32 Å². The zero-order chi connectivity index (χ0) is 12.3. The molecule has 0 saturated carbocycles. The summed E-state index contributed by atoms with van der Waals surface area (Å²) in [5.41, 5.74) is -0.850. The molecule has 0 atom stereocenters. The zero-order valence-corrected chi connectivity index (χ0v) is 9.70. The third-order valence-corrected chi connectivity index (χ3v) is 2.61. The first-order valence-corrected chi connectivity index (χ1v) is 4.98. The molecule has 1 saturated heterocycles. The molecule has 1 aliphatic heterocycles. The molecule has 16 heavy (non-hydrogen) atoms.